The molecule has 3 N–H and O–H groups in total. The van der Waals surface area contributed by atoms with Gasteiger partial charge in [-0.3, -0.25) is 9.59 Å². The average molecular weight is 434 g/mol. The molecule has 3 unspecified atom stereocenters. The summed E-state index contributed by atoms with van der Waals surface area (Å²) in [6.45, 7) is 2.04. The molecule has 166 valence electrons. The van der Waals surface area contributed by atoms with E-state index in [4.69, 9.17) is 9.84 Å². The van der Waals surface area contributed by atoms with Crippen molar-refractivity contribution in [1.29, 1.82) is 0 Å². The minimum absolute atomic E-state index is 0.0230. The highest BCUT2D eigenvalue weighted by Gasteiger charge is 2.29. The molecule has 0 saturated carbocycles. The summed E-state index contributed by atoms with van der Waals surface area (Å²) in [6.07, 6.45) is 3.06. The van der Waals surface area contributed by atoms with Gasteiger partial charge >= 0.3 is 12.1 Å². The van der Waals surface area contributed by atoms with Gasteiger partial charge in [0.15, 0.2) is 0 Å². The van der Waals surface area contributed by atoms with Gasteiger partial charge < -0.3 is 20.5 Å². The Labute approximate surface area is 186 Å². The SMILES string of the molecule is CC(CNC(=O)OCC1c2ccccc2-c2ccccc21)C(=O)NC1C=CC(C(=O)O)C1. The number of nitrogens with one attached hydrogen (secondary N) is 2. The zero-order chi connectivity index (χ0) is 22.7. The van der Waals surface area contributed by atoms with Gasteiger partial charge in [0.1, 0.15) is 6.61 Å². The number of rotatable bonds is 7. The summed E-state index contributed by atoms with van der Waals surface area (Å²) in [5.41, 5.74) is 4.60. The second-order valence-corrected chi connectivity index (χ2v) is 8.29. The zero-order valence-corrected chi connectivity index (χ0v) is 17.8. The predicted octanol–water partition coefficient (Wildman–Crippen LogP) is 3.31. The lowest BCUT2D eigenvalue weighted by Crippen LogP contribution is -2.41. The van der Waals surface area contributed by atoms with Crippen LogP contribution in [0.3, 0.4) is 0 Å². The number of hydrogen-bond donors (Lipinski definition) is 3. The maximum absolute atomic E-state index is 12.3. The Kier molecular flexibility index (Phi) is 6.25. The van der Waals surface area contributed by atoms with E-state index in [0.29, 0.717) is 6.42 Å². The number of benzene rings is 2. The van der Waals surface area contributed by atoms with Gasteiger partial charge in [0.05, 0.1) is 11.8 Å². The lowest BCUT2D eigenvalue weighted by Gasteiger charge is -2.18. The molecule has 0 bridgehead atoms. The van der Waals surface area contributed by atoms with Crippen molar-refractivity contribution >= 4 is 18.0 Å². The number of aliphatic carboxylic acids is 1. The number of carbonyl (C=O) groups excluding carboxylic acids is 2. The standard InChI is InChI=1S/C25H26N2O5/c1-15(23(28)27-17-11-10-16(12-17)24(29)30)13-26-25(31)32-14-22-20-8-4-2-6-18(20)19-7-3-5-9-21(19)22/h2-11,15-17,22H,12-14H2,1H3,(H,26,31)(H,27,28)(H,29,30). The van der Waals surface area contributed by atoms with Crippen molar-refractivity contribution in [3.63, 3.8) is 0 Å². The largest absolute Gasteiger partial charge is 0.481 e. The van der Waals surface area contributed by atoms with E-state index in [1.807, 2.05) is 24.3 Å². The maximum atomic E-state index is 12.3. The summed E-state index contributed by atoms with van der Waals surface area (Å²) in [7, 11) is 0. The van der Waals surface area contributed by atoms with E-state index < -0.39 is 23.9 Å². The molecule has 2 aromatic carbocycles. The van der Waals surface area contributed by atoms with E-state index in [-0.39, 0.29) is 31.0 Å². The second-order valence-electron chi connectivity index (χ2n) is 8.29. The van der Waals surface area contributed by atoms with Gasteiger partial charge in [0, 0.05) is 18.5 Å². The molecule has 0 fully saturated rings. The molecule has 0 saturated heterocycles. The Morgan fingerprint density at radius 3 is 2.25 bits per heavy atom. The van der Waals surface area contributed by atoms with E-state index in [0.717, 1.165) is 22.3 Å². The molecule has 7 heteroatoms. The predicted molar refractivity (Wildman–Crippen MR) is 119 cm³/mol. The van der Waals surface area contributed by atoms with Crippen LogP contribution < -0.4 is 10.6 Å². The fourth-order valence-electron chi connectivity index (χ4n) is 4.29. The summed E-state index contributed by atoms with van der Waals surface area (Å²) in [5.74, 6) is -2.22. The molecule has 7 nitrogen and oxygen atoms in total. The van der Waals surface area contributed by atoms with Crippen LogP contribution in [-0.4, -0.2) is 42.3 Å². The first kappa shape index (κ1) is 21.6. The molecule has 2 aliphatic rings. The number of amides is 2. The first-order chi connectivity index (χ1) is 15.4. The Balaban J connectivity index is 1.26. The third-order valence-corrected chi connectivity index (χ3v) is 6.07. The van der Waals surface area contributed by atoms with Crippen molar-refractivity contribution in [1.82, 2.24) is 10.6 Å². The van der Waals surface area contributed by atoms with Gasteiger partial charge in [-0.1, -0.05) is 67.6 Å². The molecule has 0 aromatic heterocycles. The summed E-state index contributed by atoms with van der Waals surface area (Å²) >= 11 is 0. The van der Waals surface area contributed by atoms with Crippen LogP contribution in [0, 0.1) is 11.8 Å². The molecule has 0 aliphatic heterocycles. The van der Waals surface area contributed by atoms with Crippen molar-refractivity contribution in [3.8, 4) is 11.1 Å². The third-order valence-electron chi connectivity index (χ3n) is 6.07. The lowest BCUT2D eigenvalue weighted by molar-refractivity contribution is -0.140. The summed E-state index contributed by atoms with van der Waals surface area (Å²) in [4.78, 5) is 35.6. The van der Waals surface area contributed by atoms with Crippen LogP contribution in [0.5, 0.6) is 0 Å². The highest BCUT2D eigenvalue weighted by Crippen LogP contribution is 2.44. The molecular formula is C25H26N2O5. The molecule has 0 spiro atoms. The van der Waals surface area contributed by atoms with Crippen molar-refractivity contribution in [3.05, 3.63) is 71.8 Å². The van der Waals surface area contributed by atoms with Gasteiger partial charge in [-0.15, -0.1) is 0 Å². The first-order valence-corrected chi connectivity index (χ1v) is 10.7. The van der Waals surface area contributed by atoms with Crippen molar-refractivity contribution in [2.24, 2.45) is 11.8 Å². The summed E-state index contributed by atoms with van der Waals surface area (Å²) in [6, 6.07) is 15.9. The van der Waals surface area contributed by atoms with Crippen LogP contribution in [0.15, 0.2) is 60.7 Å². The molecule has 0 radical (unpaired) electrons. The van der Waals surface area contributed by atoms with Crippen molar-refractivity contribution in [2.75, 3.05) is 13.2 Å². The minimum Gasteiger partial charge on any atom is -0.481 e. The smallest absolute Gasteiger partial charge is 0.407 e. The maximum Gasteiger partial charge on any atom is 0.407 e. The molecule has 0 heterocycles. The molecule has 2 aliphatic carbocycles. The number of carboxylic acid groups (broad SMARTS) is 1. The monoisotopic (exact) mass is 434 g/mol. The Morgan fingerprint density at radius 1 is 1.03 bits per heavy atom. The Hall–Kier alpha value is -3.61. The topological polar surface area (TPSA) is 105 Å². The second kappa shape index (κ2) is 9.26. The Morgan fingerprint density at radius 2 is 1.66 bits per heavy atom. The number of carboxylic acids is 1. The van der Waals surface area contributed by atoms with E-state index in [9.17, 15) is 14.4 Å². The van der Waals surface area contributed by atoms with E-state index in [1.54, 1.807) is 19.1 Å². The van der Waals surface area contributed by atoms with Crippen LogP contribution in [0.4, 0.5) is 4.79 Å². The molecule has 3 atom stereocenters. The quantitative estimate of drug-likeness (QED) is 0.580. The summed E-state index contributed by atoms with van der Waals surface area (Å²) < 4.78 is 5.49. The fourth-order valence-corrected chi connectivity index (χ4v) is 4.29. The fraction of sp³-hybridized carbons (Fsp3) is 0.320. The van der Waals surface area contributed by atoms with E-state index in [1.165, 1.54) is 0 Å². The van der Waals surface area contributed by atoms with E-state index >= 15 is 0 Å². The number of alkyl carbamates (subject to hydrolysis) is 1. The average Bonchev–Trinajstić information content (AvgIpc) is 3.39. The molecule has 32 heavy (non-hydrogen) atoms. The molecule has 2 amide bonds. The Bertz CT molecular complexity index is 1020. The van der Waals surface area contributed by atoms with Crippen LogP contribution >= 0.6 is 0 Å². The van der Waals surface area contributed by atoms with Crippen LogP contribution in [0.1, 0.15) is 30.4 Å². The van der Waals surface area contributed by atoms with E-state index in [2.05, 4.69) is 34.9 Å². The molecule has 2 aromatic rings. The van der Waals surface area contributed by atoms with Crippen LogP contribution in [-0.2, 0) is 14.3 Å². The molecular weight excluding hydrogens is 408 g/mol. The number of fused-ring (bicyclic) bond motifs is 3. The van der Waals surface area contributed by atoms with Crippen molar-refractivity contribution < 1.29 is 24.2 Å². The number of carbonyl (C=O) groups is 3. The normalized spacial score (nSPS) is 19.7. The van der Waals surface area contributed by atoms with Gasteiger partial charge in [-0.25, -0.2) is 4.79 Å². The minimum atomic E-state index is -0.900. The number of hydrogen-bond acceptors (Lipinski definition) is 4. The first-order valence-electron chi connectivity index (χ1n) is 10.7. The highest BCUT2D eigenvalue weighted by atomic mass is 16.5. The van der Waals surface area contributed by atoms with Gasteiger partial charge in [0.25, 0.3) is 0 Å². The zero-order valence-electron chi connectivity index (χ0n) is 17.8. The lowest BCUT2D eigenvalue weighted by atomic mass is 9.98. The van der Waals surface area contributed by atoms with Gasteiger partial charge in [-0.05, 0) is 28.7 Å². The van der Waals surface area contributed by atoms with Crippen molar-refractivity contribution in [2.45, 2.75) is 25.3 Å². The van der Waals surface area contributed by atoms with Crippen LogP contribution in [0.2, 0.25) is 0 Å². The number of ether oxygens (including phenoxy) is 1. The van der Waals surface area contributed by atoms with Crippen LogP contribution in [0.25, 0.3) is 11.1 Å². The molecule has 4 rings (SSSR count). The highest BCUT2D eigenvalue weighted by molar-refractivity contribution is 5.81. The van der Waals surface area contributed by atoms with Gasteiger partial charge in [-0.2, -0.15) is 0 Å². The summed E-state index contributed by atoms with van der Waals surface area (Å²) in [5, 5.41) is 14.5. The van der Waals surface area contributed by atoms with Gasteiger partial charge in [0.2, 0.25) is 5.91 Å². The third kappa shape index (κ3) is 4.51.